The number of aromatic nitrogens is 2. The molecule has 136 valence electrons. The molecule has 3 amide bonds. The summed E-state index contributed by atoms with van der Waals surface area (Å²) in [6.07, 6.45) is 2.83. The number of hydrogen-bond acceptors (Lipinski definition) is 7. The summed E-state index contributed by atoms with van der Waals surface area (Å²) in [6, 6.07) is 0. The van der Waals surface area contributed by atoms with E-state index in [1.807, 2.05) is 0 Å². The van der Waals surface area contributed by atoms with Gasteiger partial charge in [-0.3, -0.25) is 14.4 Å². The minimum absolute atomic E-state index is 0.0116. The molecule has 0 spiro atoms. The largest absolute Gasteiger partial charge is 0.371 e. The number of amides is 3. The molecule has 0 aliphatic carbocycles. The van der Waals surface area contributed by atoms with Crippen molar-refractivity contribution >= 4 is 34.2 Å². The molecule has 0 aromatic carbocycles. The highest BCUT2D eigenvalue weighted by Gasteiger charge is 2.23. The molecular weight excluding hydrogens is 346 g/mol. The first-order valence-corrected chi connectivity index (χ1v) is 9.23. The van der Waals surface area contributed by atoms with Gasteiger partial charge in [0.25, 0.3) is 0 Å². The Balaban J connectivity index is 1.38. The number of piperazine rings is 1. The Morgan fingerprint density at radius 3 is 3.00 bits per heavy atom. The normalized spacial score (nSPS) is 20.4. The van der Waals surface area contributed by atoms with Gasteiger partial charge in [0.1, 0.15) is 11.1 Å². The second-order valence-electron chi connectivity index (χ2n) is 6.01. The standard InChI is InChI=1S/C15H21N5O4S/c21-11(4-1-5-13(23)20-7-6-16-12(22)9-20)17-15-19-18-14(25-15)10-3-2-8-24-10/h10H,1-9H2,(H,16,22)(H,17,19,21)/t10-/m0/s1. The van der Waals surface area contributed by atoms with Crippen LogP contribution in [0.1, 0.15) is 43.2 Å². The number of hydrogen-bond donors (Lipinski definition) is 2. The van der Waals surface area contributed by atoms with Crippen LogP contribution in [-0.2, 0) is 19.1 Å². The van der Waals surface area contributed by atoms with Gasteiger partial charge in [-0.15, -0.1) is 10.2 Å². The quantitative estimate of drug-likeness (QED) is 0.755. The number of nitrogens with one attached hydrogen (secondary N) is 2. The van der Waals surface area contributed by atoms with Crippen molar-refractivity contribution < 1.29 is 19.1 Å². The van der Waals surface area contributed by atoms with Crippen LogP contribution < -0.4 is 10.6 Å². The molecule has 25 heavy (non-hydrogen) atoms. The molecule has 9 nitrogen and oxygen atoms in total. The van der Waals surface area contributed by atoms with Gasteiger partial charge in [0.2, 0.25) is 22.9 Å². The summed E-state index contributed by atoms with van der Waals surface area (Å²) >= 11 is 1.32. The second kappa shape index (κ2) is 8.34. The van der Waals surface area contributed by atoms with Crippen LogP contribution in [-0.4, -0.2) is 59.1 Å². The molecular formula is C15H21N5O4S. The average Bonchev–Trinajstić information content (AvgIpc) is 3.26. The van der Waals surface area contributed by atoms with Crippen LogP contribution in [0.25, 0.3) is 0 Å². The number of ether oxygens (including phenoxy) is 1. The molecule has 3 rings (SSSR count). The van der Waals surface area contributed by atoms with Gasteiger partial charge in [0.15, 0.2) is 0 Å². The second-order valence-corrected chi connectivity index (χ2v) is 7.02. The average molecular weight is 367 g/mol. The van der Waals surface area contributed by atoms with Gasteiger partial charge in [-0.25, -0.2) is 0 Å². The molecule has 2 fully saturated rings. The molecule has 1 aromatic rings. The van der Waals surface area contributed by atoms with Crippen molar-refractivity contribution in [3.63, 3.8) is 0 Å². The number of anilines is 1. The number of carbonyl (C=O) groups is 3. The summed E-state index contributed by atoms with van der Waals surface area (Å²) in [5, 5.41) is 14.6. The maximum absolute atomic E-state index is 12.0. The predicted octanol–water partition coefficient (Wildman–Crippen LogP) is 0.457. The Hall–Kier alpha value is -2.07. The topological polar surface area (TPSA) is 114 Å². The Labute approximate surface area is 149 Å². The maximum atomic E-state index is 12.0. The molecule has 0 bridgehead atoms. The van der Waals surface area contributed by atoms with E-state index in [-0.39, 0.29) is 43.2 Å². The minimum atomic E-state index is -0.195. The van der Waals surface area contributed by atoms with Crippen molar-refractivity contribution in [3.8, 4) is 0 Å². The van der Waals surface area contributed by atoms with Crippen LogP contribution in [0.5, 0.6) is 0 Å². The molecule has 2 aliphatic rings. The smallest absolute Gasteiger partial charge is 0.239 e. The van der Waals surface area contributed by atoms with Gasteiger partial charge in [-0.05, 0) is 19.3 Å². The molecule has 1 atom stereocenters. The molecule has 3 heterocycles. The molecule has 2 aliphatic heterocycles. The number of nitrogens with zero attached hydrogens (tertiary/aromatic N) is 3. The summed E-state index contributed by atoms with van der Waals surface area (Å²) in [6.45, 7) is 1.84. The van der Waals surface area contributed by atoms with Crippen LogP contribution in [0.15, 0.2) is 0 Å². The van der Waals surface area contributed by atoms with E-state index >= 15 is 0 Å². The molecule has 0 radical (unpaired) electrons. The lowest BCUT2D eigenvalue weighted by molar-refractivity contribution is -0.138. The molecule has 2 N–H and O–H groups in total. The van der Waals surface area contributed by atoms with Crippen molar-refractivity contribution in [1.82, 2.24) is 20.4 Å². The fourth-order valence-electron chi connectivity index (χ4n) is 2.78. The summed E-state index contributed by atoms with van der Waals surface area (Å²) in [5.74, 6) is -0.436. The fourth-order valence-corrected chi connectivity index (χ4v) is 3.62. The first-order chi connectivity index (χ1) is 12.1. The van der Waals surface area contributed by atoms with E-state index in [0.717, 1.165) is 24.5 Å². The molecule has 1 aromatic heterocycles. The van der Waals surface area contributed by atoms with Gasteiger partial charge in [0.05, 0.1) is 6.54 Å². The Morgan fingerprint density at radius 1 is 1.36 bits per heavy atom. The van der Waals surface area contributed by atoms with Crippen molar-refractivity contribution in [2.45, 2.75) is 38.2 Å². The van der Waals surface area contributed by atoms with Gasteiger partial charge >= 0.3 is 0 Å². The number of carbonyl (C=O) groups excluding carboxylic acids is 3. The lowest BCUT2D eigenvalue weighted by atomic mass is 10.2. The van der Waals surface area contributed by atoms with Crippen molar-refractivity contribution in [2.75, 3.05) is 31.6 Å². The highest BCUT2D eigenvalue weighted by Crippen LogP contribution is 2.31. The zero-order valence-electron chi connectivity index (χ0n) is 13.8. The van der Waals surface area contributed by atoms with Gasteiger partial charge < -0.3 is 20.3 Å². The Morgan fingerprint density at radius 2 is 2.24 bits per heavy atom. The van der Waals surface area contributed by atoms with Gasteiger partial charge in [-0.1, -0.05) is 11.3 Å². The van der Waals surface area contributed by atoms with Crippen molar-refractivity contribution in [1.29, 1.82) is 0 Å². The Kier molecular flexibility index (Phi) is 5.92. The third-order valence-corrected chi connectivity index (χ3v) is 5.01. The van der Waals surface area contributed by atoms with E-state index < -0.39 is 0 Å². The van der Waals surface area contributed by atoms with Gasteiger partial charge in [-0.2, -0.15) is 0 Å². The summed E-state index contributed by atoms with van der Waals surface area (Å²) in [7, 11) is 0. The first-order valence-electron chi connectivity index (χ1n) is 8.41. The zero-order valence-corrected chi connectivity index (χ0v) is 14.6. The van der Waals surface area contributed by atoms with E-state index in [2.05, 4.69) is 20.8 Å². The van der Waals surface area contributed by atoms with E-state index in [0.29, 0.717) is 24.6 Å². The first kappa shape index (κ1) is 17.7. The van der Waals surface area contributed by atoms with E-state index in [1.165, 1.54) is 16.2 Å². The minimum Gasteiger partial charge on any atom is -0.371 e. The predicted molar refractivity (Wildman–Crippen MR) is 89.9 cm³/mol. The van der Waals surface area contributed by atoms with Crippen LogP contribution >= 0.6 is 11.3 Å². The number of rotatable bonds is 6. The zero-order chi connectivity index (χ0) is 17.6. The van der Waals surface area contributed by atoms with Gasteiger partial charge in [0, 0.05) is 32.5 Å². The molecule has 10 heteroatoms. The summed E-state index contributed by atoms with van der Waals surface area (Å²) in [5.41, 5.74) is 0. The third-order valence-electron chi connectivity index (χ3n) is 4.08. The van der Waals surface area contributed by atoms with E-state index in [4.69, 9.17) is 4.74 Å². The molecule has 0 unspecified atom stereocenters. The lowest BCUT2D eigenvalue weighted by Crippen LogP contribution is -2.49. The summed E-state index contributed by atoms with van der Waals surface area (Å²) < 4.78 is 5.54. The van der Waals surface area contributed by atoms with Crippen molar-refractivity contribution in [2.24, 2.45) is 0 Å². The van der Waals surface area contributed by atoms with Crippen LogP contribution in [0.2, 0.25) is 0 Å². The third kappa shape index (κ3) is 4.95. The van der Waals surface area contributed by atoms with E-state index in [9.17, 15) is 14.4 Å². The van der Waals surface area contributed by atoms with Crippen LogP contribution in [0, 0.1) is 0 Å². The lowest BCUT2D eigenvalue weighted by Gasteiger charge is -2.26. The monoisotopic (exact) mass is 367 g/mol. The van der Waals surface area contributed by atoms with Crippen LogP contribution in [0.3, 0.4) is 0 Å². The van der Waals surface area contributed by atoms with Crippen molar-refractivity contribution in [3.05, 3.63) is 5.01 Å². The molecule has 0 saturated carbocycles. The molecule has 2 saturated heterocycles. The highest BCUT2D eigenvalue weighted by molar-refractivity contribution is 7.15. The SMILES string of the molecule is O=C1CN(C(=O)CCCC(=O)Nc2nnc([C@@H]3CCCO3)s2)CCN1. The maximum Gasteiger partial charge on any atom is 0.239 e. The highest BCUT2D eigenvalue weighted by atomic mass is 32.1. The Bertz CT molecular complexity index is 644. The fraction of sp³-hybridized carbons (Fsp3) is 0.667. The van der Waals surface area contributed by atoms with E-state index in [1.54, 1.807) is 0 Å². The van der Waals surface area contributed by atoms with Crippen LogP contribution in [0.4, 0.5) is 5.13 Å². The summed E-state index contributed by atoms with van der Waals surface area (Å²) in [4.78, 5) is 36.8.